The number of hydrogen-bond acceptors (Lipinski definition) is 7. The summed E-state index contributed by atoms with van der Waals surface area (Å²) >= 11 is 1.37. The minimum absolute atomic E-state index is 0.00332. The number of sulfonamides is 1. The Bertz CT molecular complexity index is 1080. The van der Waals surface area contributed by atoms with Gasteiger partial charge in [-0.2, -0.15) is 5.10 Å². The van der Waals surface area contributed by atoms with Crippen molar-refractivity contribution < 1.29 is 13.3 Å². The van der Waals surface area contributed by atoms with Gasteiger partial charge in [0, 0.05) is 37.5 Å². The zero-order chi connectivity index (χ0) is 20.3. The highest BCUT2D eigenvalue weighted by molar-refractivity contribution is 8.14. The highest BCUT2D eigenvalue weighted by atomic mass is 32.2. The molecule has 1 aliphatic rings. The van der Waals surface area contributed by atoms with Gasteiger partial charge in [-0.1, -0.05) is 30.0 Å². The van der Waals surface area contributed by atoms with Crippen molar-refractivity contribution in [1.29, 1.82) is 0 Å². The summed E-state index contributed by atoms with van der Waals surface area (Å²) in [6, 6.07) is 12.6. The van der Waals surface area contributed by atoms with E-state index in [1.807, 2.05) is 0 Å². The van der Waals surface area contributed by atoms with Gasteiger partial charge in [0.25, 0.3) is 5.69 Å². The average molecular weight is 419 g/mol. The van der Waals surface area contributed by atoms with Crippen LogP contribution in [0.25, 0.3) is 0 Å². The molecule has 1 heterocycles. The molecular weight excluding hydrogens is 402 g/mol. The van der Waals surface area contributed by atoms with Crippen molar-refractivity contribution in [1.82, 2.24) is 9.73 Å². The summed E-state index contributed by atoms with van der Waals surface area (Å²) in [7, 11) is -0.604. The monoisotopic (exact) mass is 419 g/mol. The number of amidine groups is 1. The van der Waals surface area contributed by atoms with Crippen molar-refractivity contribution in [3.8, 4) is 0 Å². The van der Waals surface area contributed by atoms with E-state index in [-0.39, 0.29) is 10.6 Å². The van der Waals surface area contributed by atoms with Crippen LogP contribution in [0, 0.1) is 10.1 Å². The number of rotatable bonds is 5. The number of thioether (sulfide) groups is 1. The first-order valence-corrected chi connectivity index (χ1v) is 10.5. The smallest absolute Gasteiger partial charge is 0.258 e. The van der Waals surface area contributed by atoms with Crippen molar-refractivity contribution >= 4 is 44.0 Å². The number of non-ortho nitro benzene ring substituents is 1. The lowest BCUT2D eigenvalue weighted by Crippen LogP contribution is -2.25. The van der Waals surface area contributed by atoms with Crippen LogP contribution in [-0.4, -0.2) is 48.4 Å². The van der Waals surface area contributed by atoms with Gasteiger partial charge in [-0.15, -0.1) is 0 Å². The number of benzene rings is 2. The summed E-state index contributed by atoms with van der Waals surface area (Å²) in [4.78, 5) is 15.0. The second-order valence-electron chi connectivity index (χ2n) is 5.97. The summed E-state index contributed by atoms with van der Waals surface area (Å²) < 4.78 is 25.6. The molecule has 0 fully saturated rings. The predicted octanol–water partition coefficient (Wildman–Crippen LogP) is 2.57. The molecule has 9 nitrogen and oxygen atoms in total. The molecule has 0 radical (unpaired) electrons. The maximum absolute atomic E-state index is 12.2. The molecule has 0 amide bonds. The summed E-state index contributed by atoms with van der Waals surface area (Å²) in [5, 5.41) is 15.7. The number of nitro groups is 1. The Balaban J connectivity index is 1.80. The zero-order valence-electron chi connectivity index (χ0n) is 15.1. The quantitative estimate of drug-likeness (QED) is 0.588. The predicted molar refractivity (Wildman–Crippen MR) is 110 cm³/mol. The number of nitro benzene ring substituents is 1. The molecule has 0 aliphatic carbocycles. The molecule has 0 saturated heterocycles. The minimum Gasteiger partial charge on any atom is -0.258 e. The Morgan fingerprint density at radius 3 is 2.61 bits per heavy atom. The van der Waals surface area contributed by atoms with Gasteiger partial charge < -0.3 is 0 Å². The summed E-state index contributed by atoms with van der Waals surface area (Å²) in [6.45, 7) is 0. The van der Waals surface area contributed by atoms with Crippen LogP contribution in [0.5, 0.6) is 0 Å². The van der Waals surface area contributed by atoms with Crippen LogP contribution in [0.2, 0.25) is 0 Å². The maximum Gasteiger partial charge on any atom is 0.270 e. The first kappa shape index (κ1) is 20.0. The molecule has 0 aromatic heterocycles. The fourth-order valence-electron chi connectivity index (χ4n) is 2.36. The van der Waals surface area contributed by atoms with Crippen LogP contribution in [0.1, 0.15) is 5.56 Å². The van der Waals surface area contributed by atoms with Crippen molar-refractivity contribution in [2.75, 3.05) is 19.8 Å². The Morgan fingerprint density at radius 2 is 1.96 bits per heavy atom. The molecular formula is C17H17N5O4S2. The van der Waals surface area contributed by atoms with Crippen molar-refractivity contribution in [3.05, 3.63) is 64.2 Å². The van der Waals surface area contributed by atoms with E-state index in [1.54, 1.807) is 24.3 Å². The van der Waals surface area contributed by atoms with Crippen molar-refractivity contribution in [2.24, 2.45) is 10.1 Å². The molecule has 0 atom stereocenters. The molecule has 2 aromatic rings. The van der Waals surface area contributed by atoms with Gasteiger partial charge in [-0.25, -0.2) is 17.7 Å². The van der Waals surface area contributed by atoms with Gasteiger partial charge in [0.1, 0.15) is 0 Å². The molecule has 1 N–H and O–H groups in total. The van der Waals surface area contributed by atoms with E-state index in [1.165, 1.54) is 50.1 Å². The number of hydrogen-bond donors (Lipinski definition) is 1. The molecule has 0 saturated carbocycles. The molecule has 0 unspecified atom stereocenters. The molecule has 2 aromatic carbocycles. The first-order valence-electron chi connectivity index (χ1n) is 8.09. The number of aliphatic imine (C=N–C) groups is 1. The third-order valence-electron chi connectivity index (χ3n) is 3.85. The van der Waals surface area contributed by atoms with E-state index < -0.39 is 14.9 Å². The van der Waals surface area contributed by atoms with Crippen molar-refractivity contribution in [3.63, 3.8) is 0 Å². The molecule has 1 aliphatic heterocycles. The van der Waals surface area contributed by atoms with Gasteiger partial charge in [0.05, 0.1) is 21.2 Å². The lowest BCUT2D eigenvalue weighted by atomic mass is 10.1. The summed E-state index contributed by atoms with van der Waals surface area (Å²) in [5.74, 6) is 0.475. The SMILES string of the molecule is CN(C)S(=O)(=O)c1cccc(N=C2NN=C(c3cccc([N+](=O)[O-])c3)CS2)c1. The maximum atomic E-state index is 12.2. The number of hydrazone groups is 1. The van der Waals surface area contributed by atoms with E-state index in [4.69, 9.17) is 0 Å². The van der Waals surface area contributed by atoms with Gasteiger partial charge >= 0.3 is 0 Å². The lowest BCUT2D eigenvalue weighted by Gasteiger charge is -2.15. The minimum atomic E-state index is -3.54. The highest BCUT2D eigenvalue weighted by Gasteiger charge is 2.18. The van der Waals surface area contributed by atoms with E-state index in [9.17, 15) is 18.5 Å². The van der Waals surface area contributed by atoms with Gasteiger partial charge in [0.2, 0.25) is 10.0 Å². The Labute approximate surface area is 166 Å². The second kappa shape index (κ2) is 8.09. The van der Waals surface area contributed by atoms with E-state index in [0.29, 0.717) is 27.9 Å². The fraction of sp³-hybridized carbons (Fsp3) is 0.176. The standard InChI is InChI=1S/C17H17N5O4S2/c1-21(2)28(25,26)15-8-4-6-13(10-15)18-17-20-19-16(11-27-17)12-5-3-7-14(9-12)22(23)24/h3-10H,11H2,1-2H3,(H,18,20). The van der Waals surface area contributed by atoms with Crippen LogP contribution >= 0.6 is 11.8 Å². The second-order valence-corrected chi connectivity index (χ2v) is 9.08. The fourth-order valence-corrected chi connectivity index (χ4v) is 4.09. The molecule has 0 bridgehead atoms. The molecule has 11 heteroatoms. The van der Waals surface area contributed by atoms with Crippen LogP contribution in [0.4, 0.5) is 11.4 Å². The number of nitrogens with zero attached hydrogens (tertiary/aromatic N) is 4. The van der Waals surface area contributed by atoms with E-state index in [0.717, 1.165) is 4.31 Å². The first-order chi connectivity index (χ1) is 13.3. The lowest BCUT2D eigenvalue weighted by molar-refractivity contribution is -0.384. The molecule has 28 heavy (non-hydrogen) atoms. The summed E-state index contributed by atoms with van der Waals surface area (Å²) in [6.07, 6.45) is 0. The van der Waals surface area contributed by atoms with Crippen LogP contribution in [0.15, 0.2) is 63.5 Å². The topological polar surface area (TPSA) is 117 Å². The average Bonchev–Trinajstić information content (AvgIpc) is 2.69. The highest BCUT2D eigenvalue weighted by Crippen LogP contribution is 2.23. The van der Waals surface area contributed by atoms with Gasteiger partial charge in [-0.3, -0.25) is 15.5 Å². The van der Waals surface area contributed by atoms with E-state index in [2.05, 4.69) is 15.5 Å². The van der Waals surface area contributed by atoms with Crippen molar-refractivity contribution in [2.45, 2.75) is 4.90 Å². The third-order valence-corrected chi connectivity index (χ3v) is 6.53. The molecule has 146 valence electrons. The number of nitrogens with one attached hydrogen (secondary N) is 1. The van der Waals surface area contributed by atoms with Crippen LogP contribution < -0.4 is 5.43 Å². The Kier molecular flexibility index (Phi) is 5.77. The molecule has 0 spiro atoms. The third kappa shape index (κ3) is 4.38. The largest absolute Gasteiger partial charge is 0.270 e. The van der Waals surface area contributed by atoms with Gasteiger partial charge in [0.15, 0.2) is 5.17 Å². The van der Waals surface area contributed by atoms with Crippen LogP contribution in [0.3, 0.4) is 0 Å². The molecule has 3 rings (SSSR count). The Hall–Kier alpha value is -2.76. The van der Waals surface area contributed by atoms with Crippen LogP contribution in [-0.2, 0) is 10.0 Å². The van der Waals surface area contributed by atoms with Gasteiger partial charge in [-0.05, 0) is 18.2 Å². The zero-order valence-corrected chi connectivity index (χ0v) is 16.7. The Morgan fingerprint density at radius 1 is 1.21 bits per heavy atom. The normalized spacial score (nSPS) is 16.0. The summed E-state index contributed by atoms with van der Waals surface area (Å²) in [5.41, 5.74) is 4.62. The van der Waals surface area contributed by atoms with E-state index >= 15 is 0 Å².